The number of amides is 1. The molecule has 0 saturated heterocycles. The van der Waals surface area contributed by atoms with E-state index in [4.69, 9.17) is 0 Å². The van der Waals surface area contributed by atoms with Crippen molar-refractivity contribution < 1.29 is 4.79 Å². The number of rotatable bonds is 7. The summed E-state index contributed by atoms with van der Waals surface area (Å²) in [6, 6.07) is 10.3. The molecule has 0 spiro atoms. The lowest BCUT2D eigenvalue weighted by Gasteiger charge is -2.21. The Labute approximate surface area is 145 Å². The fourth-order valence-electron chi connectivity index (χ4n) is 2.59. The van der Waals surface area contributed by atoms with Gasteiger partial charge in [-0.15, -0.1) is 11.3 Å². The number of benzene rings is 1. The highest BCUT2D eigenvalue weighted by atomic mass is 32.1. The van der Waals surface area contributed by atoms with E-state index >= 15 is 0 Å². The van der Waals surface area contributed by atoms with Crippen LogP contribution in [0.3, 0.4) is 0 Å². The zero-order valence-electron chi connectivity index (χ0n) is 13.6. The molecule has 1 aromatic carbocycles. The third-order valence-electron chi connectivity index (χ3n) is 3.87. The van der Waals surface area contributed by atoms with E-state index in [1.54, 1.807) is 34.6 Å². The van der Waals surface area contributed by atoms with Crippen LogP contribution in [-0.2, 0) is 20.0 Å². The van der Waals surface area contributed by atoms with Crippen molar-refractivity contribution in [1.29, 1.82) is 0 Å². The molecular formula is C18H20N4OS. The number of imidazole rings is 1. The van der Waals surface area contributed by atoms with Crippen LogP contribution in [-0.4, -0.2) is 31.9 Å². The van der Waals surface area contributed by atoms with Crippen LogP contribution in [0.2, 0.25) is 0 Å². The summed E-state index contributed by atoms with van der Waals surface area (Å²) in [6.45, 7) is 1.23. The van der Waals surface area contributed by atoms with Gasteiger partial charge in [0, 0.05) is 25.2 Å². The molecule has 124 valence electrons. The molecule has 0 radical (unpaired) electrons. The second-order valence-electron chi connectivity index (χ2n) is 5.63. The molecule has 0 atom stereocenters. The van der Waals surface area contributed by atoms with Crippen molar-refractivity contribution in [2.24, 2.45) is 7.05 Å². The van der Waals surface area contributed by atoms with E-state index in [0.717, 1.165) is 17.8 Å². The minimum Gasteiger partial charge on any atom is -0.331 e. The Bertz CT molecular complexity index is 767. The molecule has 3 aromatic rings. The molecule has 0 saturated carbocycles. The average Bonchev–Trinajstić information content (AvgIpc) is 3.26. The summed E-state index contributed by atoms with van der Waals surface area (Å²) in [7, 11) is 1.84. The van der Waals surface area contributed by atoms with Gasteiger partial charge in [0.05, 0.1) is 19.1 Å². The third kappa shape index (κ3) is 4.08. The predicted octanol–water partition coefficient (Wildman–Crippen LogP) is 3.15. The van der Waals surface area contributed by atoms with Crippen molar-refractivity contribution >= 4 is 17.2 Å². The van der Waals surface area contributed by atoms with Crippen molar-refractivity contribution in [1.82, 2.24) is 19.4 Å². The maximum atomic E-state index is 12.8. The number of carbonyl (C=O) groups excluding carboxylic acids is 1. The molecule has 0 aliphatic heterocycles. The van der Waals surface area contributed by atoms with Gasteiger partial charge >= 0.3 is 0 Å². The summed E-state index contributed by atoms with van der Waals surface area (Å²) in [5.74, 6) is -0.00161. The van der Waals surface area contributed by atoms with Gasteiger partial charge < -0.3 is 9.47 Å². The number of nitrogens with zero attached hydrogens (tertiary/aromatic N) is 4. The van der Waals surface area contributed by atoms with Crippen molar-refractivity contribution in [3.05, 3.63) is 70.7 Å². The number of carbonyl (C=O) groups is 1. The van der Waals surface area contributed by atoms with E-state index < -0.39 is 0 Å². The van der Waals surface area contributed by atoms with Gasteiger partial charge in [-0.1, -0.05) is 30.3 Å². The minimum absolute atomic E-state index is 0.00161. The largest absolute Gasteiger partial charge is 0.331 e. The Morgan fingerprint density at radius 2 is 2.12 bits per heavy atom. The summed E-state index contributed by atoms with van der Waals surface area (Å²) < 4.78 is 1.76. The van der Waals surface area contributed by atoms with Gasteiger partial charge in [-0.3, -0.25) is 4.79 Å². The van der Waals surface area contributed by atoms with Crippen LogP contribution < -0.4 is 0 Å². The highest BCUT2D eigenvalue weighted by Crippen LogP contribution is 2.13. The fraction of sp³-hybridized carbons (Fsp3) is 0.278. The monoisotopic (exact) mass is 340 g/mol. The standard InChI is InChI=1S/C18H20N4OS/c1-21-14-19-12-16(21)18(23)22(13-17-20-9-11-24-17)10-5-8-15-6-3-2-4-7-15/h2-4,6-7,9,11-12,14H,5,8,10,13H2,1H3. The molecule has 0 N–H and O–H groups in total. The SMILES string of the molecule is Cn1cncc1C(=O)N(CCCc1ccccc1)Cc1nccs1. The van der Waals surface area contributed by atoms with Gasteiger partial charge in [-0.25, -0.2) is 9.97 Å². The van der Waals surface area contributed by atoms with Gasteiger partial charge in [0.15, 0.2) is 0 Å². The van der Waals surface area contributed by atoms with Crippen molar-refractivity contribution in [3.63, 3.8) is 0 Å². The van der Waals surface area contributed by atoms with Crippen LogP contribution in [0.4, 0.5) is 0 Å². The molecule has 3 rings (SSSR count). The Kier molecular flexibility index (Phi) is 5.38. The van der Waals surface area contributed by atoms with Gasteiger partial charge in [0.25, 0.3) is 5.91 Å². The third-order valence-corrected chi connectivity index (χ3v) is 4.63. The maximum Gasteiger partial charge on any atom is 0.272 e. The van der Waals surface area contributed by atoms with E-state index in [2.05, 4.69) is 22.1 Å². The van der Waals surface area contributed by atoms with Gasteiger partial charge in [-0.05, 0) is 18.4 Å². The Hall–Kier alpha value is -2.47. The number of aryl methyl sites for hydroxylation is 2. The molecular weight excluding hydrogens is 320 g/mol. The van der Waals surface area contributed by atoms with E-state index in [0.29, 0.717) is 18.8 Å². The van der Waals surface area contributed by atoms with Crippen LogP contribution in [0.15, 0.2) is 54.4 Å². The first-order valence-electron chi connectivity index (χ1n) is 7.92. The lowest BCUT2D eigenvalue weighted by atomic mass is 10.1. The zero-order valence-corrected chi connectivity index (χ0v) is 14.4. The minimum atomic E-state index is -0.00161. The molecule has 2 heterocycles. The van der Waals surface area contributed by atoms with E-state index in [9.17, 15) is 4.79 Å². The van der Waals surface area contributed by atoms with Gasteiger partial charge in [-0.2, -0.15) is 0 Å². The predicted molar refractivity (Wildman–Crippen MR) is 94.8 cm³/mol. The first-order chi connectivity index (χ1) is 11.7. The molecule has 1 amide bonds. The number of hydrogen-bond acceptors (Lipinski definition) is 4. The molecule has 0 fully saturated rings. The zero-order chi connectivity index (χ0) is 16.8. The molecule has 24 heavy (non-hydrogen) atoms. The lowest BCUT2D eigenvalue weighted by Crippen LogP contribution is -2.33. The lowest BCUT2D eigenvalue weighted by molar-refractivity contribution is 0.0731. The van der Waals surface area contributed by atoms with Crippen LogP contribution in [0.25, 0.3) is 0 Å². The fourth-order valence-corrected chi connectivity index (χ4v) is 3.22. The Balaban J connectivity index is 1.67. The van der Waals surface area contributed by atoms with Crippen molar-refractivity contribution in [2.45, 2.75) is 19.4 Å². The number of hydrogen-bond donors (Lipinski definition) is 0. The maximum absolute atomic E-state index is 12.8. The quantitative estimate of drug-likeness (QED) is 0.664. The van der Waals surface area contributed by atoms with E-state index in [1.165, 1.54) is 5.56 Å². The topological polar surface area (TPSA) is 51.0 Å². The molecule has 0 bridgehead atoms. The van der Waals surface area contributed by atoms with E-state index in [-0.39, 0.29) is 5.91 Å². The highest BCUT2D eigenvalue weighted by molar-refractivity contribution is 7.09. The van der Waals surface area contributed by atoms with Crippen molar-refractivity contribution in [2.75, 3.05) is 6.54 Å². The molecule has 6 heteroatoms. The molecule has 0 aliphatic rings. The molecule has 5 nitrogen and oxygen atoms in total. The second kappa shape index (κ2) is 7.88. The van der Waals surface area contributed by atoms with Crippen molar-refractivity contribution in [3.8, 4) is 0 Å². The van der Waals surface area contributed by atoms with E-state index in [1.807, 2.05) is 35.5 Å². The van der Waals surface area contributed by atoms with Crippen LogP contribution in [0.1, 0.15) is 27.5 Å². The summed E-state index contributed by atoms with van der Waals surface area (Å²) in [6.07, 6.45) is 6.91. The average molecular weight is 340 g/mol. The van der Waals surface area contributed by atoms with Gasteiger partial charge in [0.1, 0.15) is 10.7 Å². The first kappa shape index (κ1) is 16.4. The smallest absolute Gasteiger partial charge is 0.272 e. The summed E-state index contributed by atoms with van der Waals surface area (Å²) in [5.41, 5.74) is 1.89. The van der Waals surface area contributed by atoms with Crippen LogP contribution in [0.5, 0.6) is 0 Å². The summed E-state index contributed by atoms with van der Waals surface area (Å²) >= 11 is 1.57. The molecule has 0 unspecified atom stereocenters. The van der Waals surface area contributed by atoms with Gasteiger partial charge in [0.2, 0.25) is 0 Å². The number of thiazole rings is 1. The molecule has 0 aliphatic carbocycles. The van der Waals surface area contributed by atoms with Crippen LogP contribution >= 0.6 is 11.3 Å². The highest BCUT2D eigenvalue weighted by Gasteiger charge is 2.19. The molecule has 2 aromatic heterocycles. The second-order valence-corrected chi connectivity index (χ2v) is 6.61. The summed E-state index contributed by atoms with van der Waals surface area (Å²) in [5, 5.41) is 2.89. The van der Waals surface area contributed by atoms with Crippen LogP contribution in [0, 0.1) is 0 Å². The first-order valence-corrected chi connectivity index (χ1v) is 8.80. The number of aromatic nitrogens is 3. The Morgan fingerprint density at radius 3 is 2.79 bits per heavy atom. The normalized spacial score (nSPS) is 10.7. The summed E-state index contributed by atoms with van der Waals surface area (Å²) in [4.78, 5) is 23.1. The Morgan fingerprint density at radius 1 is 1.29 bits per heavy atom.